The molecule has 0 aliphatic heterocycles. The molecule has 0 aliphatic carbocycles. The van der Waals surface area contributed by atoms with E-state index in [2.05, 4.69) is 4.98 Å². The molecule has 1 aromatic heterocycles. The second-order valence-electron chi connectivity index (χ2n) is 5.28. The van der Waals surface area contributed by atoms with Gasteiger partial charge in [-0.25, -0.2) is 4.98 Å². The van der Waals surface area contributed by atoms with E-state index in [1.807, 2.05) is 41.6 Å². The fraction of sp³-hybridized carbons (Fsp3) is 0.467. The van der Waals surface area contributed by atoms with Crippen LogP contribution in [0.25, 0.3) is 11.0 Å². The summed E-state index contributed by atoms with van der Waals surface area (Å²) in [6.07, 6.45) is 0.107. The highest BCUT2D eigenvalue weighted by Gasteiger charge is 2.13. The summed E-state index contributed by atoms with van der Waals surface area (Å²) >= 11 is 0. The van der Waals surface area contributed by atoms with Gasteiger partial charge in [0.15, 0.2) is 0 Å². The topological polar surface area (TPSA) is 78.6 Å². The summed E-state index contributed by atoms with van der Waals surface area (Å²) in [5.41, 5.74) is 3.04. The van der Waals surface area contributed by atoms with Crippen LogP contribution in [0.2, 0.25) is 0 Å². The normalized spacial score (nSPS) is 11.4. The standard InChI is InChI=1S/C15H21N3O3/c1-11-3-4-13-12(9-11)16-14(18(13)7-8-19)10-17(2)6-5-15(20)21/h3-4,9,19H,5-8,10H2,1-2H3,(H,20,21). The van der Waals surface area contributed by atoms with Crippen molar-refractivity contribution < 1.29 is 15.0 Å². The van der Waals surface area contributed by atoms with Gasteiger partial charge in [-0.1, -0.05) is 6.07 Å². The predicted molar refractivity (Wildman–Crippen MR) is 80.1 cm³/mol. The molecule has 0 aliphatic rings. The van der Waals surface area contributed by atoms with Gasteiger partial charge in [0.1, 0.15) is 5.82 Å². The molecule has 0 amide bonds. The molecule has 1 heterocycles. The highest BCUT2D eigenvalue weighted by molar-refractivity contribution is 5.76. The number of nitrogens with zero attached hydrogens (tertiary/aromatic N) is 3. The van der Waals surface area contributed by atoms with E-state index in [0.29, 0.717) is 19.6 Å². The fourth-order valence-electron chi connectivity index (χ4n) is 2.37. The number of carboxylic acid groups (broad SMARTS) is 1. The number of aliphatic hydroxyl groups is 1. The number of hydrogen-bond donors (Lipinski definition) is 2. The second-order valence-corrected chi connectivity index (χ2v) is 5.28. The molecule has 0 radical (unpaired) electrons. The second kappa shape index (κ2) is 6.69. The molecule has 2 rings (SSSR count). The van der Waals surface area contributed by atoms with Gasteiger partial charge < -0.3 is 14.8 Å². The van der Waals surface area contributed by atoms with Crippen molar-refractivity contribution in [3.8, 4) is 0 Å². The number of aliphatic carboxylic acids is 1. The number of imidazole rings is 1. The van der Waals surface area contributed by atoms with Crippen LogP contribution >= 0.6 is 0 Å². The SMILES string of the molecule is Cc1ccc2c(c1)nc(CN(C)CCC(=O)O)n2CCO. The first-order chi connectivity index (χ1) is 10.0. The first kappa shape index (κ1) is 15.5. The van der Waals surface area contributed by atoms with E-state index in [-0.39, 0.29) is 13.0 Å². The van der Waals surface area contributed by atoms with Gasteiger partial charge in [-0.3, -0.25) is 9.69 Å². The molecule has 1 aromatic carbocycles. The Balaban J connectivity index is 2.25. The van der Waals surface area contributed by atoms with Crippen molar-refractivity contribution in [3.05, 3.63) is 29.6 Å². The number of hydrogen-bond acceptors (Lipinski definition) is 4. The molecule has 0 atom stereocenters. The lowest BCUT2D eigenvalue weighted by molar-refractivity contribution is -0.137. The summed E-state index contributed by atoms with van der Waals surface area (Å²) in [4.78, 5) is 17.2. The lowest BCUT2D eigenvalue weighted by Crippen LogP contribution is -2.23. The Morgan fingerprint density at radius 1 is 1.43 bits per heavy atom. The van der Waals surface area contributed by atoms with Crippen molar-refractivity contribution in [2.24, 2.45) is 0 Å². The Morgan fingerprint density at radius 3 is 2.86 bits per heavy atom. The summed E-state index contributed by atoms with van der Waals surface area (Å²) in [5.74, 6) is 0.0406. The highest BCUT2D eigenvalue weighted by atomic mass is 16.4. The van der Waals surface area contributed by atoms with Crippen molar-refractivity contribution in [3.63, 3.8) is 0 Å². The molecule has 2 aromatic rings. The van der Waals surface area contributed by atoms with Gasteiger partial charge in [-0.2, -0.15) is 0 Å². The van der Waals surface area contributed by atoms with Crippen LogP contribution in [0.5, 0.6) is 0 Å². The van der Waals surface area contributed by atoms with Gasteiger partial charge in [0.05, 0.1) is 30.6 Å². The Morgan fingerprint density at radius 2 is 2.19 bits per heavy atom. The molecule has 2 N–H and O–H groups in total. The molecule has 6 heteroatoms. The molecule has 114 valence electrons. The van der Waals surface area contributed by atoms with E-state index in [1.54, 1.807) is 0 Å². The van der Waals surface area contributed by atoms with Crippen LogP contribution in [0.3, 0.4) is 0 Å². The molecular weight excluding hydrogens is 270 g/mol. The van der Waals surface area contributed by atoms with E-state index in [1.165, 1.54) is 0 Å². The van der Waals surface area contributed by atoms with Crippen LogP contribution in [0.15, 0.2) is 18.2 Å². The average molecular weight is 291 g/mol. The number of fused-ring (bicyclic) bond motifs is 1. The molecule has 0 fully saturated rings. The maximum atomic E-state index is 10.6. The maximum Gasteiger partial charge on any atom is 0.304 e. The molecule has 6 nitrogen and oxygen atoms in total. The number of aromatic nitrogens is 2. The molecule has 0 saturated carbocycles. The summed E-state index contributed by atoms with van der Waals surface area (Å²) in [5, 5.41) is 18.0. The Hall–Kier alpha value is -1.92. The van der Waals surface area contributed by atoms with Gasteiger partial charge in [0.25, 0.3) is 0 Å². The largest absolute Gasteiger partial charge is 0.481 e. The van der Waals surface area contributed by atoms with Crippen molar-refractivity contribution in [2.75, 3.05) is 20.2 Å². The fourth-order valence-corrected chi connectivity index (χ4v) is 2.37. The third kappa shape index (κ3) is 3.80. The van der Waals surface area contributed by atoms with Crippen molar-refractivity contribution in [1.29, 1.82) is 0 Å². The van der Waals surface area contributed by atoms with E-state index in [9.17, 15) is 9.90 Å². The minimum atomic E-state index is -0.804. The number of aryl methyl sites for hydroxylation is 1. The molecule has 0 spiro atoms. The van der Waals surface area contributed by atoms with Crippen LogP contribution in [-0.4, -0.2) is 50.8 Å². The van der Waals surface area contributed by atoms with Crippen LogP contribution in [0, 0.1) is 6.92 Å². The Labute approximate surface area is 123 Å². The number of carbonyl (C=O) groups is 1. The smallest absolute Gasteiger partial charge is 0.304 e. The third-order valence-electron chi connectivity index (χ3n) is 3.43. The third-order valence-corrected chi connectivity index (χ3v) is 3.43. The van der Waals surface area contributed by atoms with Gasteiger partial charge in [0.2, 0.25) is 0 Å². The van der Waals surface area contributed by atoms with Crippen LogP contribution in [0.1, 0.15) is 17.8 Å². The lowest BCUT2D eigenvalue weighted by atomic mass is 10.2. The summed E-state index contributed by atoms with van der Waals surface area (Å²) in [6, 6.07) is 6.05. The first-order valence-corrected chi connectivity index (χ1v) is 6.98. The number of aliphatic hydroxyl groups excluding tert-OH is 1. The van der Waals surface area contributed by atoms with Gasteiger partial charge in [0, 0.05) is 13.1 Å². The maximum absolute atomic E-state index is 10.6. The van der Waals surface area contributed by atoms with Crippen molar-refractivity contribution >= 4 is 17.0 Å². The van der Waals surface area contributed by atoms with Crippen molar-refractivity contribution in [1.82, 2.24) is 14.5 Å². The lowest BCUT2D eigenvalue weighted by Gasteiger charge is -2.16. The highest BCUT2D eigenvalue weighted by Crippen LogP contribution is 2.18. The molecule has 0 bridgehead atoms. The minimum absolute atomic E-state index is 0.0468. The molecule has 0 unspecified atom stereocenters. The van der Waals surface area contributed by atoms with Crippen LogP contribution in [-0.2, 0) is 17.9 Å². The van der Waals surface area contributed by atoms with Crippen molar-refractivity contribution in [2.45, 2.75) is 26.4 Å². The zero-order valence-electron chi connectivity index (χ0n) is 12.4. The first-order valence-electron chi connectivity index (χ1n) is 6.98. The average Bonchev–Trinajstić information content (AvgIpc) is 2.74. The Bertz CT molecular complexity index is 636. The zero-order valence-corrected chi connectivity index (χ0v) is 12.4. The summed E-state index contributed by atoms with van der Waals surface area (Å²) in [6.45, 7) is 3.58. The van der Waals surface area contributed by atoms with Crippen LogP contribution in [0.4, 0.5) is 0 Å². The Kier molecular flexibility index (Phi) is 4.93. The quantitative estimate of drug-likeness (QED) is 0.802. The predicted octanol–water partition coefficient (Wildman–Crippen LogP) is 1.24. The number of carboxylic acids is 1. The zero-order chi connectivity index (χ0) is 15.4. The van der Waals surface area contributed by atoms with E-state index in [0.717, 1.165) is 22.4 Å². The molecule has 0 saturated heterocycles. The minimum Gasteiger partial charge on any atom is -0.481 e. The molecule has 21 heavy (non-hydrogen) atoms. The monoisotopic (exact) mass is 291 g/mol. The number of benzene rings is 1. The van der Waals surface area contributed by atoms with Gasteiger partial charge >= 0.3 is 5.97 Å². The van der Waals surface area contributed by atoms with E-state index in [4.69, 9.17) is 5.11 Å². The van der Waals surface area contributed by atoms with Crippen LogP contribution < -0.4 is 0 Å². The summed E-state index contributed by atoms with van der Waals surface area (Å²) < 4.78 is 1.99. The summed E-state index contributed by atoms with van der Waals surface area (Å²) in [7, 11) is 1.87. The van der Waals surface area contributed by atoms with Gasteiger partial charge in [-0.05, 0) is 31.7 Å². The van der Waals surface area contributed by atoms with E-state index >= 15 is 0 Å². The number of rotatable bonds is 7. The van der Waals surface area contributed by atoms with Gasteiger partial charge in [-0.15, -0.1) is 0 Å². The van der Waals surface area contributed by atoms with E-state index < -0.39 is 5.97 Å². The molecular formula is C15H21N3O3.